The fraction of sp³-hybridized carbons (Fsp3) is 0.200. The van der Waals surface area contributed by atoms with Crippen LogP contribution >= 0.6 is 27.7 Å². The van der Waals surface area contributed by atoms with Gasteiger partial charge in [-0.1, -0.05) is 0 Å². The zero-order chi connectivity index (χ0) is 10.7. The molecule has 0 aliphatic carbocycles. The van der Waals surface area contributed by atoms with Crippen LogP contribution in [0.15, 0.2) is 40.2 Å². The van der Waals surface area contributed by atoms with Gasteiger partial charge in [-0.2, -0.15) is 5.10 Å². The Morgan fingerprint density at radius 1 is 1.40 bits per heavy atom. The Labute approximate surface area is 101 Å². The maximum atomic E-state index is 4.12. The molecule has 15 heavy (non-hydrogen) atoms. The highest BCUT2D eigenvalue weighted by Gasteiger charge is 1.99. The van der Waals surface area contributed by atoms with Crippen molar-refractivity contribution in [2.75, 3.05) is 0 Å². The van der Waals surface area contributed by atoms with Gasteiger partial charge in [0, 0.05) is 40.8 Å². The Hall–Kier alpha value is -0.810. The first-order chi connectivity index (χ1) is 7.24. The monoisotopic (exact) mass is 283 g/mol. The van der Waals surface area contributed by atoms with Crippen LogP contribution in [-0.4, -0.2) is 14.8 Å². The maximum absolute atomic E-state index is 4.12. The molecule has 0 atom stereocenters. The molecule has 0 aromatic carbocycles. The molecule has 3 nitrogen and oxygen atoms in total. The van der Waals surface area contributed by atoms with E-state index < -0.39 is 0 Å². The van der Waals surface area contributed by atoms with Gasteiger partial charge < -0.3 is 0 Å². The van der Waals surface area contributed by atoms with Gasteiger partial charge in [-0.25, -0.2) is 0 Å². The van der Waals surface area contributed by atoms with Gasteiger partial charge >= 0.3 is 0 Å². The number of hydrogen-bond acceptors (Lipinski definition) is 3. The van der Waals surface area contributed by atoms with Crippen molar-refractivity contribution in [2.24, 2.45) is 7.05 Å². The number of aryl methyl sites for hydroxylation is 1. The van der Waals surface area contributed by atoms with Crippen molar-refractivity contribution in [1.82, 2.24) is 14.8 Å². The molecule has 2 aromatic rings. The van der Waals surface area contributed by atoms with Crippen LogP contribution in [0.4, 0.5) is 0 Å². The Morgan fingerprint density at radius 2 is 2.27 bits per heavy atom. The van der Waals surface area contributed by atoms with Crippen molar-refractivity contribution >= 4 is 27.7 Å². The first-order valence-electron chi connectivity index (χ1n) is 4.45. The van der Waals surface area contributed by atoms with E-state index in [0.29, 0.717) is 0 Å². The smallest absolute Gasteiger partial charge is 0.0625 e. The number of rotatable bonds is 3. The highest BCUT2D eigenvalue weighted by molar-refractivity contribution is 9.10. The summed E-state index contributed by atoms with van der Waals surface area (Å²) in [5, 5.41) is 4.12. The van der Waals surface area contributed by atoms with Crippen molar-refractivity contribution in [3.8, 4) is 0 Å². The van der Waals surface area contributed by atoms with E-state index in [4.69, 9.17) is 0 Å². The van der Waals surface area contributed by atoms with Gasteiger partial charge in [0.05, 0.1) is 6.20 Å². The van der Waals surface area contributed by atoms with Gasteiger partial charge in [0.15, 0.2) is 0 Å². The van der Waals surface area contributed by atoms with Crippen molar-refractivity contribution in [3.63, 3.8) is 0 Å². The van der Waals surface area contributed by atoms with Gasteiger partial charge in [-0.05, 0) is 27.6 Å². The zero-order valence-electron chi connectivity index (χ0n) is 8.22. The largest absolute Gasteiger partial charge is 0.275 e. The van der Waals surface area contributed by atoms with Crippen molar-refractivity contribution in [3.05, 3.63) is 40.9 Å². The zero-order valence-corrected chi connectivity index (χ0v) is 10.6. The van der Waals surface area contributed by atoms with Crippen LogP contribution in [0.2, 0.25) is 0 Å². The molecule has 2 aromatic heterocycles. The highest BCUT2D eigenvalue weighted by atomic mass is 79.9. The third-order valence-corrected chi connectivity index (χ3v) is 3.30. The summed E-state index contributed by atoms with van der Waals surface area (Å²) >= 11 is 5.16. The lowest BCUT2D eigenvalue weighted by Crippen LogP contribution is -1.84. The van der Waals surface area contributed by atoms with E-state index in [0.717, 1.165) is 10.2 Å². The minimum Gasteiger partial charge on any atom is -0.275 e. The fourth-order valence-corrected chi connectivity index (χ4v) is 2.43. The SMILES string of the molecule is Cn1cc(SCc2cncc(Br)c2)cn1. The van der Waals surface area contributed by atoms with Gasteiger partial charge in [0.2, 0.25) is 0 Å². The van der Waals surface area contributed by atoms with Crippen LogP contribution in [0.5, 0.6) is 0 Å². The molecule has 5 heteroatoms. The first kappa shape index (κ1) is 10.7. The van der Waals surface area contributed by atoms with Crippen LogP contribution in [-0.2, 0) is 12.8 Å². The summed E-state index contributed by atoms with van der Waals surface area (Å²) < 4.78 is 2.83. The highest BCUT2D eigenvalue weighted by Crippen LogP contribution is 2.22. The number of hydrogen-bond donors (Lipinski definition) is 0. The van der Waals surface area contributed by atoms with Crippen molar-refractivity contribution in [2.45, 2.75) is 10.6 Å². The van der Waals surface area contributed by atoms with Crippen LogP contribution in [0, 0.1) is 0 Å². The lowest BCUT2D eigenvalue weighted by atomic mass is 10.3. The summed E-state index contributed by atoms with van der Waals surface area (Å²) in [6, 6.07) is 2.08. The van der Waals surface area contributed by atoms with Gasteiger partial charge in [0.25, 0.3) is 0 Å². The van der Waals surface area contributed by atoms with E-state index in [1.165, 1.54) is 10.5 Å². The Morgan fingerprint density at radius 3 is 2.93 bits per heavy atom. The molecule has 0 radical (unpaired) electrons. The molecular weight excluding hydrogens is 274 g/mol. The fourth-order valence-electron chi connectivity index (χ4n) is 1.17. The first-order valence-corrected chi connectivity index (χ1v) is 6.23. The lowest BCUT2D eigenvalue weighted by Gasteiger charge is -1.99. The Balaban J connectivity index is 1.99. The molecule has 2 rings (SSSR count). The summed E-state index contributed by atoms with van der Waals surface area (Å²) in [6.45, 7) is 0. The summed E-state index contributed by atoms with van der Waals surface area (Å²) in [5.74, 6) is 0.915. The normalized spacial score (nSPS) is 10.5. The van der Waals surface area contributed by atoms with Crippen molar-refractivity contribution < 1.29 is 0 Å². The average Bonchev–Trinajstić information content (AvgIpc) is 2.62. The molecule has 0 aliphatic rings. The summed E-state index contributed by atoms with van der Waals surface area (Å²) in [7, 11) is 1.92. The molecule has 78 valence electrons. The third kappa shape index (κ3) is 3.07. The van der Waals surface area contributed by atoms with E-state index in [2.05, 4.69) is 32.1 Å². The number of aromatic nitrogens is 3. The second-order valence-electron chi connectivity index (χ2n) is 3.15. The molecule has 2 heterocycles. The number of halogens is 1. The van der Waals surface area contributed by atoms with Crippen LogP contribution in [0.1, 0.15) is 5.56 Å². The number of thioether (sulfide) groups is 1. The standard InChI is InChI=1S/C10H10BrN3S/c1-14-6-10(5-13-14)15-7-8-2-9(11)4-12-3-8/h2-6H,7H2,1H3. The summed E-state index contributed by atoms with van der Waals surface area (Å²) in [5.41, 5.74) is 1.21. The maximum Gasteiger partial charge on any atom is 0.0625 e. The summed E-state index contributed by atoms with van der Waals surface area (Å²) in [6.07, 6.45) is 7.55. The van der Waals surface area contributed by atoms with Gasteiger partial charge in [0.1, 0.15) is 0 Å². The molecule has 0 saturated heterocycles. The second-order valence-corrected chi connectivity index (χ2v) is 5.11. The molecule has 0 aliphatic heterocycles. The lowest BCUT2D eigenvalue weighted by molar-refractivity contribution is 0.766. The molecule has 0 spiro atoms. The molecule has 0 bridgehead atoms. The van der Waals surface area contributed by atoms with E-state index >= 15 is 0 Å². The molecule has 0 saturated carbocycles. The van der Waals surface area contributed by atoms with E-state index in [-0.39, 0.29) is 0 Å². The molecule has 0 N–H and O–H groups in total. The topological polar surface area (TPSA) is 30.7 Å². The van der Waals surface area contributed by atoms with Crippen molar-refractivity contribution in [1.29, 1.82) is 0 Å². The Bertz CT molecular complexity index is 455. The molecule has 0 amide bonds. The van der Waals surface area contributed by atoms with E-state index in [1.54, 1.807) is 18.0 Å². The predicted octanol–water partition coefficient (Wildman–Crippen LogP) is 2.87. The summed E-state index contributed by atoms with van der Waals surface area (Å²) in [4.78, 5) is 5.30. The third-order valence-electron chi connectivity index (χ3n) is 1.85. The van der Waals surface area contributed by atoms with E-state index in [1.807, 2.05) is 30.3 Å². The van der Waals surface area contributed by atoms with Gasteiger partial charge in [-0.3, -0.25) is 9.67 Å². The quantitative estimate of drug-likeness (QED) is 0.812. The molecule has 0 fully saturated rings. The average molecular weight is 284 g/mol. The number of nitrogens with zero attached hydrogens (tertiary/aromatic N) is 3. The Kier molecular flexibility index (Phi) is 3.43. The van der Waals surface area contributed by atoms with Crippen LogP contribution in [0.3, 0.4) is 0 Å². The van der Waals surface area contributed by atoms with Crippen LogP contribution in [0.25, 0.3) is 0 Å². The predicted molar refractivity (Wildman–Crippen MR) is 64.7 cm³/mol. The molecular formula is C10H10BrN3S. The minimum atomic E-state index is 0.915. The number of pyridine rings is 1. The minimum absolute atomic E-state index is 0.915. The van der Waals surface area contributed by atoms with E-state index in [9.17, 15) is 0 Å². The van der Waals surface area contributed by atoms with Crippen LogP contribution < -0.4 is 0 Å². The van der Waals surface area contributed by atoms with Gasteiger partial charge in [-0.15, -0.1) is 11.8 Å². The second kappa shape index (κ2) is 4.81. The molecule has 0 unspecified atom stereocenters.